The summed E-state index contributed by atoms with van der Waals surface area (Å²) in [6.45, 7) is 0.945. The molecule has 1 aliphatic carbocycles. The number of amides is 1. The number of nitrogens with zero attached hydrogens (tertiary/aromatic N) is 1. The minimum Gasteiger partial charge on any atom is -0.373 e. The third-order valence-corrected chi connectivity index (χ3v) is 6.68. The molecule has 0 saturated heterocycles. The zero-order chi connectivity index (χ0) is 20.3. The fraction of sp³-hybridized carbons (Fsp3) is 0.316. The van der Waals surface area contributed by atoms with Gasteiger partial charge in [0.1, 0.15) is 4.90 Å². The molecule has 2 aromatic carbocycles. The highest BCUT2D eigenvalue weighted by Gasteiger charge is 2.30. The van der Waals surface area contributed by atoms with Gasteiger partial charge in [0, 0.05) is 31.9 Å². The molecule has 3 rings (SSSR count). The molecule has 2 N–H and O–H groups in total. The van der Waals surface area contributed by atoms with Crippen molar-refractivity contribution < 1.29 is 13.2 Å². The number of likely N-dealkylation sites (N-methyl/N-ethyl adjacent to an activating group) is 1. The largest absolute Gasteiger partial charge is 0.373 e. The molecule has 0 bridgehead atoms. The summed E-state index contributed by atoms with van der Waals surface area (Å²) in [4.78, 5) is 14.4. The summed E-state index contributed by atoms with van der Waals surface area (Å²) in [5, 5.41) is 2.85. The normalized spacial score (nSPS) is 14.0. The van der Waals surface area contributed by atoms with E-state index in [4.69, 9.17) is 23.2 Å². The van der Waals surface area contributed by atoms with Gasteiger partial charge in [-0.15, -0.1) is 0 Å². The summed E-state index contributed by atoms with van der Waals surface area (Å²) >= 11 is 12.2. The molecule has 150 valence electrons. The average molecular weight is 442 g/mol. The fourth-order valence-corrected chi connectivity index (χ4v) is 4.80. The highest BCUT2D eigenvalue weighted by Crippen LogP contribution is 2.30. The number of halogens is 2. The Bertz CT molecular complexity index is 964. The molecule has 0 spiro atoms. The molecule has 9 heteroatoms. The summed E-state index contributed by atoms with van der Waals surface area (Å²) in [7, 11) is -1.88. The van der Waals surface area contributed by atoms with Crippen LogP contribution in [-0.2, 0) is 10.0 Å². The Labute approximate surface area is 174 Å². The standard InChI is InChI=1S/C19H21Cl2N3O3S/c1-24(14-5-3-2-4-6-14)10-9-22-19(25)15-11-18(17(21)12-16(15)20)28(26,27)23-13-7-8-13/h2-6,11-13,23H,7-10H2,1H3,(H,22,25). The third-order valence-electron chi connectivity index (χ3n) is 4.38. The maximum absolute atomic E-state index is 12.5. The van der Waals surface area contributed by atoms with E-state index in [1.165, 1.54) is 12.1 Å². The van der Waals surface area contributed by atoms with Crippen molar-refractivity contribution >= 4 is 44.8 Å². The first-order chi connectivity index (χ1) is 13.3. The van der Waals surface area contributed by atoms with E-state index in [1.54, 1.807) is 0 Å². The molecule has 1 fully saturated rings. The lowest BCUT2D eigenvalue weighted by Gasteiger charge is -2.19. The molecule has 1 amide bonds. The van der Waals surface area contributed by atoms with Gasteiger partial charge in [-0.3, -0.25) is 4.79 Å². The molecule has 0 atom stereocenters. The summed E-state index contributed by atoms with van der Waals surface area (Å²) in [6, 6.07) is 12.2. The van der Waals surface area contributed by atoms with E-state index < -0.39 is 15.9 Å². The third kappa shape index (κ3) is 5.17. The predicted molar refractivity (Wildman–Crippen MR) is 112 cm³/mol. The van der Waals surface area contributed by atoms with E-state index in [0.717, 1.165) is 18.5 Å². The molecule has 0 radical (unpaired) electrons. The number of hydrogen-bond donors (Lipinski definition) is 2. The van der Waals surface area contributed by atoms with Crippen molar-refractivity contribution in [3.8, 4) is 0 Å². The lowest BCUT2D eigenvalue weighted by Crippen LogP contribution is -2.33. The van der Waals surface area contributed by atoms with Crippen molar-refractivity contribution in [1.82, 2.24) is 10.0 Å². The summed E-state index contributed by atoms with van der Waals surface area (Å²) in [5.41, 5.74) is 1.10. The van der Waals surface area contributed by atoms with E-state index >= 15 is 0 Å². The van der Waals surface area contributed by atoms with E-state index in [-0.39, 0.29) is 26.5 Å². The van der Waals surface area contributed by atoms with Gasteiger partial charge in [0.05, 0.1) is 15.6 Å². The second-order valence-corrected chi connectivity index (χ2v) is 9.17. The first-order valence-corrected chi connectivity index (χ1v) is 11.1. The molecule has 6 nitrogen and oxygen atoms in total. The lowest BCUT2D eigenvalue weighted by atomic mass is 10.2. The van der Waals surface area contributed by atoms with E-state index in [9.17, 15) is 13.2 Å². The van der Waals surface area contributed by atoms with Crippen LogP contribution < -0.4 is 14.9 Å². The number of rotatable bonds is 8. The molecule has 0 aromatic heterocycles. The zero-order valence-electron chi connectivity index (χ0n) is 15.3. The quantitative estimate of drug-likeness (QED) is 0.658. The van der Waals surface area contributed by atoms with Crippen molar-refractivity contribution in [1.29, 1.82) is 0 Å². The number of para-hydroxylation sites is 1. The van der Waals surface area contributed by atoms with Gasteiger partial charge in [0.2, 0.25) is 10.0 Å². The van der Waals surface area contributed by atoms with Crippen LogP contribution in [0.3, 0.4) is 0 Å². The predicted octanol–water partition coefficient (Wildman–Crippen LogP) is 3.30. The first kappa shape index (κ1) is 20.9. The average Bonchev–Trinajstić information content (AvgIpc) is 3.45. The van der Waals surface area contributed by atoms with Crippen LogP contribution in [0.25, 0.3) is 0 Å². The molecule has 0 unspecified atom stereocenters. The Morgan fingerprint density at radius 3 is 2.46 bits per heavy atom. The highest BCUT2D eigenvalue weighted by molar-refractivity contribution is 7.89. The van der Waals surface area contributed by atoms with E-state index in [1.807, 2.05) is 42.3 Å². The van der Waals surface area contributed by atoms with Gasteiger partial charge in [0.25, 0.3) is 5.91 Å². The minimum atomic E-state index is -3.80. The molecule has 0 heterocycles. The van der Waals surface area contributed by atoms with Gasteiger partial charge in [0.15, 0.2) is 0 Å². The molecule has 0 aliphatic heterocycles. The Morgan fingerprint density at radius 1 is 1.14 bits per heavy atom. The van der Waals surface area contributed by atoms with Gasteiger partial charge < -0.3 is 10.2 Å². The Morgan fingerprint density at radius 2 is 1.82 bits per heavy atom. The van der Waals surface area contributed by atoms with E-state index in [2.05, 4.69) is 10.0 Å². The van der Waals surface area contributed by atoms with Gasteiger partial charge in [-0.1, -0.05) is 41.4 Å². The highest BCUT2D eigenvalue weighted by atomic mass is 35.5. The number of benzene rings is 2. The first-order valence-electron chi connectivity index (χ1n) is 8.83. The summed E-state index contributed by atoms with van der Waals surface area (Å²) < 4.78 is 27.5. The van der Waals surface area contributed by atoms with Crippen LogP contribution in [0.5, 0.6) is 0 Å². The monoisotopic (exact) mass is 441 g/mol. The maximum Gasteiger partial charge on any atom is 0.252 e. The zero-order valence-corrected chi connectivity index (χ0v) is 17.6. The van der Waals surface area contributed by atoms with Crippen molar-refractivity contribution in [2.45, 2.75) is 23.8 Å². The summed E-state index contributed by atoms with van der Waals surface area (Å²) in [5.74, 6) is -0.453. The Kier molecular flexibility index (Phi) is 6.50. The number of carbonyl (C=O) groups excluding carboxylic acids is 1. The van der Waals surface area contributed by atoms with Crippen LogP contribution in [0.2, 0.25) is 10.0 Å². The van der Waals surface area contributed by atoms with E-state index in [0.29, 0.717) is 13.1 Å². The molecular weight excluding hydrogens is 421 g/mol. The van der Waals surface area contributed by atoms with Gasteiger partial charge >= 0.3 is 0 Å². The van der Waals surface area contributed by atoms with Crippen molar-refractivity contribution in [2.24, 2.45) is 0 Å². The topological polar surface area (TPSA) is 78.5 Å². The summed E-state index contributed by atoms with van der Waals surface area (Å²) in [6.07, 6.45) is 1.60. The Balaban J connectivity index is 1.68. The van der Waals surface area contributed by atoms with Crippen LogP contribution in [-0.4, -0.2) is 40.5 Å². The van der Waals surface area contributed by atoms with Crippen LogP contribution in [0.15, 0.2) is 47.4 Å². The number of sulfonamides is 1. The maximum atomic E-state index is 12.5. The second kappa shape index (κ2) is 8.69. The minimum absolute atomic E-state index is 0.0153. The van der Waals surface area contributed by atoms with Crippen LogP contribution in [0, 0.1) is 0 Å². The van der Waals surface area contributed by atoms with Crippen LogP contribution in [0.4, 0.5) is 5.69 Å². The number of nitrogens with one attached hydrogen (secondary N) is 2. The second-order valence-electron chi connectivity index (χ2n) is 6.67. The van der Waals surface area contributed by atoms with Crippen molar-refractivity contribution in [2.75, 3.05) is 25.0 Å². The number of carbonyl (C=O) groups is 1. The number of hydrogen-bond acceptors (Lipinski definition) is 4. The van der Waals surface area contributed by atoms with Crippen molar-refractivity contribution in [3.63, 3.8) is 0 Å². The fourth-order valence-electron chi connectivity index (χ4n) is 2.64. The van der Waals surface area contributed by atoms with Gasteiger partial charge in [-0.05, 0) is 37.1 Å². The molecule has 1 aliphatic rings. The van der Waals surface area contributed by atoms with Gasteiger partial charge in [-0.25, -0.2) is 13.1 Å². The van der Waals surface area contributed by atoms with Crippen LogP contribution >= 0.6 is 23.2 Å². The van der Waals surface area contributed by atoms with Gasteiger partial charge in [-0.2, -0.15) is 0 Å². The van der Waals surface area contributed by atoms with Crippen molar-refractivity contribution in [3.05, 3.63) is 58.1 Å². The lowest BCUT2D eigenvalue weighted by molar-refractivity contribution is 0.0954. The molecule has 28 heavy (non-hydrogen) atoms. The molecule has 2 aromatic rings. The SMILES string of the molecule is CN(CCNC(=O)c1cc(S(=O)(=O)NC2CC2)c(Cl)cc1Cl)c1ccccc1. The number of anilines is 1. The molecular formula is C19H21Cl2N3O3S. The Hall–Kier alpha value is -1.80. The smallest absolute Gasteiger partial charge is 0.252 e. The molecule has 1 saturated carbocycles. The van der Waals surface area contributed by atoms with Crippen LogP contribution in [0.1, 0.15) is 23.2 Å².